The van der Waals surface area contributed by atoms with Crippen LogP contribution >= 0.6 is 0 Å². The molecule has 2 rings (SSSR count). The molecule has 1 aliphatic heterocycles. The fraction of sp³-hybridized carbons (Fsp3) is 0.700. The first kappa shape index (κ1) is 8.60. The van der Waals surface area contributed by atoms with Crippen LogP contribution in [0.3, 0.4) is 0 Å². The first-order valence-corrected chi connectivity index (χ1v) is 4.75. The Kier molecular flexibility index (Phi) is 1.82. The lowest BCUT2D eigenvalue weighted by molar-refractivity contribution is 0.118. The van der Waals surface area contributed by atoms with Gasteiger partial charge in [0, 0.05) is 12.5 Å². The lowest BCUT2D eigenvalue weighted by Crippen LogP contribution is -2.31. The smallest absolute Gasteiger partial charge is 0.211 e. The van der Waals surface area contributed by atoms with Crippen molar-refractivity contribution in [2.75, 3.05) is 6.61 Å². The molecule has 1 aliphatic rings. The number of rotatable bonds is 0. The van der Waals surface area contributed by atoms with Crippen molar-refractivity contribution in [2.45, 2.75) is 33.2 Å². The number of nitrogens with zero attached hydrogens (tertiary/aromatic N) is 2. The van der Waals surface area contributed by atoms with Crippen LogP contribution in [0.2, 0.25) is 0 Å². The van der Waals surface area contributed by atoms with Crippen LogP contribution in [-0.2, 0) is 0 Å². The molecule has 3 heteroatoms. The van der Waals surface area contributed by atoms with Crippen LogP contribution in [0.15, 0.2) is 12.3 Å². The molecule has 0 bridgehead atoms. The molecule has 2 heterocycles. The van der Waals surface area contributed by atoms with Crippen LogP contribution in [0, 0.1) is 5.41 Å². The van der Waals surface area contributed by atoms with Crippen LogP contribution in [-0.4, -0.2) is 16.4 Å². The zero-order chi connectivity index (χ0) is 9.47. The molecule has 3 nitrogen and oxygen atoms in total. The average molecular weight is 180 g/mol. The second kappa shape index (κ2) is 2.76. The average Bonchev–Trinajstić information content (AvgIpc) is 2.48. The molecular formula is C10H16N2O. The molecule has 1 aromatic rings. The fourth-order valence-electron chi connectivity index (χ4n) is 1.85. The number of hydrogen-bond donors (Lipinski definition) is 0. The van der Waals surface area contributed by atoms with E-state index in [-0.39, 0.29) is 5.41 Å². The second-order valence-corrected chi connectivity index (χ2v) is 4.63. The maximum atomic E-state index is 5.49. The van der Waals surface area contributed by atoms with E-state index >= 15 is 0 Å². The summed E-state index contributed by atoms with van der Waals surface area (Å²) in [6.07, 6.45) is 2.86. The van der Waals surface area contributed by atoms with Gasteiger partial charge in [-0.3, -0.25) is 0 Å². The largest absolute Gasteiger partial charge is 0.478 e. The van der Waals surface area contributed by atoms with E-state index in [4.69, 9.17) is 4.74 Å². The van der Waals surface area contributed by atoms with Crippen molar-refractivity contribution in [2.24, 2.45) is 5.41 Å². The van der Waals surface area contributed by atoms with Crippen LogP contribution in [0.25, 0.3) is 0 Å². The molecule has 13 heavy (non-hydrogen) atoms. The van der Waals surface area contributed by atoms with Gasteiger partial charge in [0.05, 0.1) is 18.8 Å². The van der Waals surface area contributed by atoms with Crippen molar-refractivity contribution in [3.63, 3.8) is 0 Å². The normalized spacial score (nSPS) is 22.2. The van der Waals surface area contributed by atoms with Gasteiger partial charge in [-0.25, -0.2) is 4.68 Å². The highest BCUT2D eigenvalue weighted by Crippen LogP contribution is 2.37. The van der Waals surface area contributed by atoms with Gasteiger partial charge in [-0.05, 0) is 5.41 Å². The SMILES string of the molecule is CC(C)(C)C1CCOc2ccnn21. The summed E-state index contributed by atoms with van der Waals surface area (Å²) in [7, 11) is 0. The van der Waals surface area contributed by atoms with E-state index in [9.17, 15) is 0 Å². The second-order valence-electron chi connectivity index (χ2n) is 4.63. The summed E-state index contributed by atoms with van der Waals surface area (Å²) in [5.41, 5.74) is 0.255. The monoisotopic (exact) mass is 180 g/mol. The summed E-state index contributed by atoms with van der Waals surface area (Å²) in [5.74, 6) is 0.908. The Bertz CT molecular complexity index is 298. The number of fused-ring (bicyclic) bond motifs is 1. The van der Waals surface area contributed by atoms with Crippen LogP contribution in [0.5, 0.6) is 5.88 Å². The molecule has 0 saturated carbocycles. The Morgan fingerprint density at radius 2 is 2.31 bits per heavy atom. The number of ether oxygens (including phenoxy) is 1. The highest BCUT2D eigenvalue weighted by atomic mass is 16.5. The third kappa shape index (κ3) is 1.43. The quantitative estimate of drug-likeness (QED) is 0.612. The van der Waals surface area contributed by atoms with Gasteiger partial charge in [0.2, 0.25) is 5.88 Å². The van der Waals surface area contributed by atoms with Gasteiger partial charge < -0.3 is 4.74 Å². The van der Waals surface area contributed by atoms with Crippen molar-refractivity contribution < 1.29 is 4.74 Å². The van der Waals surface area contributed by atoms with Gasteiger partial charge in [0.15, 0.2) is 0 Å². The van der Waals surface area contributed by atoms with E-state index in [0.29, 0.717) is 6.04 Å². The molecule has 0 aliphatic carbocycles. The van der Waals surface area contributed by atoms with Gasteiger partial charge in [0.25, 0.3) is 0 Å². The Balaban J connectivity index is 2.35. The minimum absolute atomic E-state index is 0.255. The summed E-state index contributed by atoms with van der Waals surface area (Å²) < 4.78 is 7.49. The molecule has 1 aromatic heterocycles. The van der Waals surface area contributed by atoms with Crippen LogP contribution < -0.4 is 4.74 Å². The highest BCUT2D eigenvalue weighted by Gasteiger charge is 2.31. The van der Waals surface area contributed by atoms with E-state index < -0.39 is 0 Å². The molecule has 0 spiro atoms. The summed E-state index contributed by atoms with van der Waals surface area (Å²) in [6, 6.07) is 2.39. The number of aromatic nitrogens is 2. The van der Waals surface area contributed by atoms with Crippen LogP contribution in [0.4, 0.5) is 0 Å². The summed E-state index contributed by atoms with van der Waals surface area (Å²) in [5, 5.41) is 4.30. The van der Waals surface area contributed by atoms with E-state index in [2.05, 4.69) is 25.9 Å². The van der Waals surface area contributed by atoms with Crippen molar-refractivity contribution >= 4 is 0 Å². The first-order valence-electron chi connectivity index (χ1n) is 4.75. The minimum atomic E-state index is 0.255. The molecule has 1 atom stereocenters. The van der Waals surface area contributed by atoms with E-state index in [1.165, 1.54) is 0 Å². The fourth-order valence-corrected chi connectivity index (χ4v) is 1.85. The van der Waals surface area contributed by atoms with Gasteiger partial charge in [-0.2, -0.15) is 5.10 Å². The summed E-state index contributed by atoms with van der Waals surface area (Å²) in [6.45, 7) is 7.55. The van der Waals surface area contributed by atoms with E-state index in [1.54, 1.807) is 6.20 Å². The van der Waals surface area contributed by atoms with Gasteiger partial charge >= 0.3 is 0 Å². The molecular weight excluding hydrogens is 164 g/mol. The summed E-state index contributed by atoms with van der Waals surface area (Å²) in [4.78, 5) is 0. The number of hydrogen-bond acceptors (Lipinski definition) is 2. The maximum absolute atomic E-state index is 5.49. The molecule has 1 unspecified atom stereocenters. The van der Waals surface area contributed by atoms with E-state index in [0.717, 1.165) is 18.9 Å². The molecule has 0 radical (unpaired) electrons. The molecule has 0 N–H and O–H groups in total. The molecule has 0 saturated heterocycles. The lowest BCUT2D eigenvalue weighted by Gasteiger charge is -2.34. The maximum Gasteiger partial charge on any atom is 0.211 e. The van der Waals surface area contributed by atoms with Crippen molar-refractivity contribution in [3.05, 3.63) is 12.3 Å². The minimum Gasteiger partial charge on any atom is -0.478 e. The Hall–Kier alpha value is -0.990. The Morgan fingerprint density at radius 3 is 3.00 bits per heavy atom. The van der Waals surface area contributed by atoms with E-state index in [1.807, 2.05) is 10.7 Å². The third-order valence-corrected chi connectivity index (χ3v) is 2.57. The first-order chi connectivity index (χ1) is 6.09. The Morgan fingerprint density at radius 1 is 1.54 bits per heavy atom. The topological polar surface area (TPSA) is 27.1 Å². The van der Waals surface area contributed by atoms with Gasteiger partial charge in [0.1, 0.15) is 0 Å². The van der Waals surface area contributed by atoms with Crippen molar-refractivity contribution in [1.82, 2.24) is 9.78 Å². The predicted molar refractivity (Wildman–Crippen MR) is 50.8 cm³/mol. The molecule has 0 amide bonds. The predicted octanol–water partition coefficient (Wildman–Crippen LogP) is 2.25. The highest BCUT2D eigenvalue weighted by molar-refractivity contribution is 5.11. The molecule has 0 fully saturated rings. The standard InChI is InChI=1S/C10H16N2O/c1-10(2,3)8-5-7-13-9-4-6-11-12(8)9/h4,6,8H,5,7H2,1-3H3. The zero-order valence-corrected chi connectivity index (χ0v) is 8.45. The zero-order valence-electron chi connectivity index (χ0n) is 8.45. The van der Waals surface area contributed by atoms with Crippen molar-refractivity contribution in [1.29, 1.82) is 0 Å². The van der Waals surface area contributed by atoms with Gasteiger partial charge in [-0.15, -0.1) is 0 Å². The van der Waals surface area contributed by atoms with Crippen molar-refractivity contribution in [3.8, 4) is 5.88 Å². The molecule has 0 aromatic carbocycles. The Labute approximate surface area is 78.7 Å². The van der Waals surface area contributed by atoms with Gasteiger partial charge in [-0.1, -0.05) is 20.8 Å². The molecule has 72 valence electrons. The summed E-state index contributed by atoms with van der Waals surface area (Å²) >= 11 is 0. The third-order valence-electron chi connectivity index (χ3n) is 2.57. The van der Waals surface area contributed by atoms with Crippen LogP contribution in [0.1, 0.15) is 33.2 Å². The lowest BCUT2D eigenvalue weighted by atomic mass is 9.84.